The van der Waals surface area contributed by atoms with Crippen LogP contribution < -0.4 is 4.90 Å². The number of rotatable bonds is 6. The Kier molecular flexibility index (Phi) is 7.08. The summed E-state index contributed by atoms with van der Waals surface area (Å²) in [7, 11) is 0. The molecule has 0 fully saturated rings. The molecule has 0 aromatic heterocycles. The highest BCUT2D eigenvalue weighted by atomic mass is 15.1. The maximum absolute atomic E-state index is 2.47. The zero-order valence-corrected chi connectivity index (χ0v) is 26.2. The van der Waals surface area contributed by atoms with Gasteiger partial charge in [0.25, 0.3) is 0 Å². The minimum atomic E-state index is 0.0999. The summed E-state index contributed by atoms with van der Waals surface area (Å²) in [6, 6.07) is 62.4. The van der Waals surface area contributed by atoms with Crippen molar-refractivity contribution in [2.45, 2.75) is 19.8 Å². The molecule has 8 rings (SSSR count). The van der Waals surface area contributed by atoms with Crippen molar-refractivity contribution in [2.24, 2.45) is 0 Å². The van der Waals surface area contributed by atoms with E-state index in [-0.39, 0.29) is 5.92 Å². The van der Waals surface area contributed by atoms with E-state index in [1.165, 1.54) is 65.8 Å². The molecule has 0 radical (unpaired) electrons. The van der Waals surface area contributed by atoms with E-state index in [2.05, 4.69) is 189 Å². The van der Waals surface area contributed by atoms with Gasteiger partial charge in [0.1, 0.15) is 0 Å². The minimum absolute atomic E-state index is 0.0999. The van der Waals surface area contributed by atoms with Gasteiger partial charge in [-0.2, -0.15) is 0 Å². The lowest BCUT2D eigenvalue weighted by Gasteiger charge is -2.28. The maximum atomic E-state index is 2.47. The van der Waals surface area contributed by atoms with Gasteiger partial charge in [-0.25, -0.2) is 0 Å². The number of hydrogen-bond acceptors (Lipinski definition) is 1. The highest BCUT2D eigenvalue weighted by molar-refractivity contribution is 6.22. The van der Waals surface area contributed by atoms with E-state index in [4.69, 9.17) is 0 Å². The van der Waals surface area contributed by atoms with Crippen LogP contribution in [0.1, 0.15) is 33.7 Å². The fourth-order valence-electron chi connectivity index (χ4n) is 7.04. The maximum Gasteiger partial charge on any atom is 0.0546 e. The van der Waals surface area contributed by atoms with Gasteiger partial charge in [-0.15, -0.1) is 0 Å². The quantitative estimate of drug-likeness (QED) is 0.138. The van der Waals surface area contributed by atoms with Crippen molar-refractivity contribution >= 4 is 49.4 Å². The van der Waals surface area contributed by atoms with Gasteiger partial charge < -0.3 is 4.90 Å². The highest BCUT2D eigenvalue weighted by Crippen LogP contribution is 2.46. The third-order valence-corrected chi connectivity index (χ3v) is 9.29. The number of hydrogen-bond donors (Lipinski definition) is 0. The van der Waals surface area contributed by atoms with Crippen LogP contribution in [0.5, 0.6) is 0 Å². The molecule has 0 saturated carbocycles. The molecule has 1 unspecified atom stereocenters. The Hall–Kier alpha value is -5.66. The molecule has 0 aliphatic heterocycles. The third kappa shape index (κ3) is 4.91. The predicted octanol–water partition coefficient (Wildman–Crippen LogP) is 12.4. The molecule has 0 aliphatic rings. The molecule has 0 aliphatic carbocycles. The molecule has 0 amide bonds. The summed E-state index contributed by atoms with van der Waals surface area (Å²) in [6.45, 7) is 4.30. The molecule has 0 saturated heterocycles. The van der Waals surface area contributed by atoms with Crippen molar-refractivity contribution in [1.29, 1.82) is 0 Å². The number of aryl methyl sites for hydroxylation is 2. The first-order valence-corrected chi connectivity index (χ1v) is 16.1. The molecule has 0 bridgehead atoms. The zero-order chi connectivity index (χ0) is 31.0. The van der Waals surface area contributed by atoms with Gasteiger partial charge >= 0.3 is 0 Å². The Labute approximate surface area is 271 Å². The van der Waals surface area contributed by atoms with E-state index in [9.17, 15) is 0 Å². The van der Waals surface area contributed by atoms with Crippen molar-refractivity contribution in [1.82, 2.24) is 0 Å². The largest absolute Gasteiger partial charge is 0.310 e. The van der Waals surface area contributed by atoms with Crippen molar-refractivity contribution in [3.05, 3.63) is 198 Å². The van der Waals surface area contributed by atoms with Crippen molar-refractivity contribution in [3.63, 3.8) is 0 Å². The number of fused-ring (bicyclic) bond motifs is 5. The summed E-state index contributed by atoms with van der Waals surface area (Å²) in [5.41, 5.74) is 9.91. The monoisotopic (exact) mass is 589 g/mol. The lowest BCUT2D eigenvalue weighted by molar-refractivity contribution is 0.990. The second kappa shape index (κ2) is 11.7. The van der Waals surface area contributed by atoms with Crippen LogP contribution in [-0.2, 0) is 0 Å². The number of para-hydroxylation sites is 1. The average Bonchev–Trinajstić information content (AvgIpc) is 3.11. The molecule has 46 heavy (non-hydrogen) atoms. The number of nitrogens with zero attached hydrogens (tertiary/aromatic N) is 1. The lowest BCUT2D eigenvalue weighted by atomic mass is 9.80. The van der Waals surface area contributed by atoms with Gasteiger partial charge in [0.15, 0.2) is 0 Å². The first kappa shape index (κ1) is 27.9. The molecule has 220 valence electrons. The van der Waals surface area contributed by atoms with Crippen LogP contribution in [-0.4, -0.2) is 0 Å². The Morgan fingerprint density at radius 3 is 1.48 bits per heavy atom. The first-order valence-electron chi connectivity index (χ1n) is 16.1. The van der Waals surface area contributed by atoms with Crippen LogP contribution in [0, 0.1) is 13.8 Å². The summed E-state index contributed by atoms with van der Waals surface area (Å²) in [4.78, 5) is 2.41. The van der Waals surface area contributed by atoms with Gasteiger partial charge in [0.2, 0.25) is 0 Å². The fraction of sp³-hybridized carbons (Fsp3) is 0.0667. The molecule has 0 spiro atoms. The zero-order valence-electron chi connectivity index (χ0n) is 26.2. The van der Waals surface area contributed by atoms with E-state index in [1.807, 2.05) is 0 Å². The smallest absolute Gasteiger partial charge is 0.0546 e. The molecule has 1 heteroatoms. The van der Waals surface area contributed by atoms with E-state index in [0.717, 1.165) is 11.4 Å². The van der Waals surface area contributed by atoms with E-state index in [1.54, 1.807) is 0 Å². The van der Waals surface area contributed by atoms with Gasteiger partial charge in [-0.05, 0) is 93.9 Å². The Balaban J connectivity index is 1.46. The van der Waals surface area contributed by atoms with Gasteiger partial charge in [-0.3, -0.25) is 0 Å². The second-order valence-corrected chi connectivity index (χ2v) is 12.3. The van der Waals surface area contributed by atoms with Crippen LogP contribution in [0.25, 0.3) is 32.3 Å². The molecule has 8 aromatic rings. The molecule has 0 heterocycles. The van der Waals surface area contributed by atoms with E-state index >= 15 is 0 Å². The van der Waals surface area contributed by atoms with Crippen LogP contribution in [0.4, 0.5) is 17.1 Å². The van der Waals surface area contributed by atoms with E-state index in [0.29, 0.717) is 0 Å². The summed E-state index contributed by atoms with van der Waals surface area (Å²) in [5.74, 6) is 0.0999. The van der Waals surface area contributed by atoms with Crippen molar-refractivity contribution in [2.75, 3.05) is 4.90 Å². The topological polar surface area (TPSA) is 3.24 Å². The summed E-state index contributed by atoms with van der Waals surface area (Å²) in [5, 5.41) is 7.58. The molecule has 1 atom stereocenters. The highest BCUT2D eigenvalue weighted by Gasteiger charge is 2.23. The second-order valence-electron chi connectivity index (χ2n) is 12.3. The predicted molar refractivity (Wildman–Crippen MR) is 197 cm³/mol. The SMILES string of the molecule is Cc1ccc(C(c2ccccc2)c2cc3c4ccccc4c(N(c4ccccc4)c4ccc(C)cc4)cc3c3ccccc23)cc1. The Morgan fingerprint density at radius 2 is 0.826 bits per heavy atom. The molecule has 1 nitrogen and oxygen atoms in total. The van der Waals surface area contributed by atoms with Gasteiger partial charge in [-0.1, -0.05) is 145 Å². The van der Waals surface area contributed by atoms with Crippen LogP contribution >= 0.6 is 0 Å². The average molecular weight is 590 g/mol. The number of benzene rings is 8. The molecule has 0 N–H and O–H groups in total. The fourth-order valence-corrected chi connectivity index (χ4v) is 7.04. The lowest BCUT2D eigenvalue weighted by Crippen LogP contribution is -2.11. The molecular formula is C45H35N. The van der Waals surface area contributed by atoms with Gasteiger partial charge in [0.05, 0.1) is 5.69 Å². The van der Waals surface area contributed by atoms with Crippen LogP contribution in [0.2, 0.25) is 0 Å². The van der Waals surface area contributed by atoms with Crippen molar-refractivity contribution in [3.8, 4) is 0 Å². The first-order chi connectivity index (χ1) is 22.7. The Morgan fingerprint density at radius 1 is 0.370 bits per heavy atom. The molecular weight excluding hydrogens is 555 g/mol. The van der Waals surface area contributed by atoms with Crippen molar-refractivity contribution < 1.29 is 0 Å². The van der Waals surface area contributed by atoms with Crippen LogP contribution in [0.3, 0.4) is 0 Å². The normalized spacial score (nSPS) is 12.0. The Bertz CT molecular complexity index is 2130. The van der Waals surface area contributed by atoms with E-state index < -0.39 is 0 Å². The van der Waals surface area contributed by atoms with Gasteiger partial charge in [0, 0.05) is 22.7 Å². The third-order valence-electron chi connectivity index (χ3n) is 9.29. The molecule has 8 aromatic carbocycles. The standard InChI is InChI=1S/C45H35N/c1-31-21-25-34(26-22-31)45(33-13-5-3-6-14-33)43-29-41-39-19-11-12-20-40(39)44(30-42(41)37-17-9-10-18-38(37)43)46(35-15-7-4-8-16-35)36-27-23-32(2)24-28-36/h3-30,45H,1-2H3. The summed E-state index contributed by atoms with van der Waals surface area (Å²) < 4.78 is 0. The minimum Gasteiger partial charge on any atom is -0.310 e. The summed E-state index contributed by atoms with van der Waals surface area (Å²) >= 11 is 0. The summed E-state index contributed by atoms with van der Waals surface area (Å²) in [6.07, 6.45) is 0. The number of anilines is 3. The van der Waals surface area contributed by atoms with Crippen LogP contribution in [0.15, 0.2) is 170 Å².